The number of nitrogens with one attached hydrogen (secondary N) is 1. The van der Waals surface area contributed by atoms with Gasteiger partial charge in [0.2, 0.25) is 17.6 Å². The van der Waals surface area contributed by atoms with Crippen molar-refractivity contribution in [3.8, 4) is 11.1 Å². The molecule has 2 aliphatic rings. The van der Waals surface area contributed by atoms with Crippen LogP contribution in [0.1, 0.15) is 40.1 Å². The number of rotatable bonds is 9. The monoisotopic (exact) mass is 607 g/mol. The Morgan fingerprint density at radius 2 is 1.57 bits per heavy atom. The molecule has 0 saturated carbocycles. The third-order valence-corrected chi connectivity index (χ3v) is 8.69. The van der Waals surface area contributed by atoms with E-state index in [1.807, 2.05) is 29.2 Å². The molecule has 0 spiro atoms. The Bertz CT molecular complexity index is 1720. The van der Waals surface area contributed by atoms with Crippen LogP contribution in [-0.4, -0.2) is 40.9 Å². The summed E-state index contributed by atoms with van der Waals surface area (Å²) in [5.74, 6) is -1.73. The van der Waals surface area contributed by atoms with E-state index < -0.39 is 48.6 Å². The number of nitrogens with zero attached hydrogens (tertiary/aromatic N) is 1. The molecule has 0 bridgehead atoms. The molecule has 1 unspecified atom stereocenters. The third-order valence-electron chi connectivity index (χ3n) is 7.34. The van der Waals surface area contributed by atoms with Crippen molar-refractivity contribution < 1.29 is 27.7 Å². The molecule has 12 heteroatoms. The van der Waals surface area contributed by atoms with Gasteiger partial charge in [-0.15, -0.1) is 9.05 Å². The van der Waals surface area contributed by atoms with Gasteiger partial charge in [0.25, 0.3) is 5.56 Å². The number of esters is 1. The van der Waals surface area contributed by atoms with Crippen molar-refractivity contribution in [2.45, 2.75) is 30.8 Å². The van der Waals surface area contributed by atoms with Crippen molar-refractivity contribution in [1.82, 2.24) is 9.55 Å². The number of halogens is 1. The van der Waals surface area contributed by atoms with Gasteiger partial charge in [-0.1, -0.05) is 66.7 Å². The first-order valence-corrected chi connectivity index (χ1v) is 15.4. The van der Waals surface area contributed by atoms with Crippen LogP contribution in [0.25, 0.3) is 11.1 Å². The molecular weight excluding hydrogens is 582 g/mol. The van der Waals surface area contributed by atoms with Crippen LogP contribution in [0.2, 0.25) is 0 Å². The summed E-state index contributed by atoms with van der Waals surface area (Å²) < 4.78 is 38.5. The Morgan fingerprint density at radius 3 is 2.26 bits per heavy atom. The van der Waals surface area contributed by atoms with E-state index in [0.29, 0.717) is 12.2 Å². The van der Waals surface area contributed by atoms with Crippen molar-refractivity contribution in [3.63, 3.8) is 0 Å². The molecule has 0 radical (unpaired) electrons. The summed E-state index contributed by atoms with van der Waals surface area (Å²) in [6.45, 7) is 0.215. The van der Waals surface area contributed by atoms with E-state index in [2.05, 4.69) is 24.3 Å². The number of ether oxygens (including phenoxy) is 2. The number of hydrogen-bond acceptors (Lipinski definition) is 8. The number of aromatic nitrogens is 2. The first kappa shape index (κ1) is 28.3. The fourth-order valence-corrected chi connectivity index (χ4v) is 6.33. The maximum atomic E-state index is 14.0. The molecule has 42 heavy (non-hydrogen) atoms. The summed E-state index contributed by atoms with van der Waals surface area (Å²) in [6, 6.07) is 24.7. The van der Waals surface area contributed by atoms with Gasteiger partial charge in [-0.05, 0) is 34.4 Å². The topological polar surface area (TPSA) is 109 Å². The number of carbonyl (C=O) groups is 1. The largest absolute Gasteiger partial charge is 0.521 e. The smallest absolute Gasteiger partial charge is 0.456 e. The van der Waals surface area contributed by atoms with E-state index in [1.165, 1.54) is 11.1 Å². The number of carbonyl (C=O) groups excluding carboxylic acids is 1. The highest BCUT2D eigenvalue weighted by atomic mass is 32.4. The van der Waals surface area contributed by atoms with Crippen LogP contribution >= 0.6 is 7.15 Å². The molecule has 3 aromatic carbocycles. The zero-order chi connectivity index (χ0) is 29.2. The highest BCUT2D eigenvalue weighted by molar-refractivity contribution is 8.00. The molecule has 1 saturated heterocycles. The molecule has 1 aliphatic carbocycles. The summed E-state index contributed by atoms with van der Waals surface area (Å²) in [5, 5.41) is 0. The zero-order valence-electron chi connectivity index (χ0n) is 22.1. The lowest BCUT2D eigenvalue weighted by molar-refractivity contribution is -0.0475. The highest BCUT2D eigenvalue weighted by Crippen LogP contribution is 2.45. The maximum absolute atomic E-state index is 14.0. The van der Waals surface area contributed by atoms with E-state index >= 15 is 0 Å². The van der Waals surface area contributed by atoms with Crippen LogP contribution in [0.5, 0.6) is 0 Å². The second-order valence-corrected chi connectivity index (χ2v) is 11.7. The van der Waals surface area contributed by atoms with Gasteiger partial charge in [0, 0.05) is 12.3 Å². The van der Waals surface area contributed by atoms with E-state index in [0.717, 1.165) is 21.9 Å². The molecule has 4 aromatic rings. The second-order valence-electron chi connectivity index (χ2n) is 9.86. The van der Waals surface area contributed by atoms with Gasteiger partial charge in [0.15, 0.2) is 0 Å². The van der Waals surface area contributed by atoms with Crippen LogP contribution in [0, 0.1) is 5.82 Å². The molecule has 1 fully saturated rings. The normalized spacial score (nSPS) is 19.7. The molecule has 6 rings (SSSR count). The van der Waals surface area contributed by atoms with Crippen LogP contribution < -0.4 is 11.2 Å². The molecule has 0 amide bonds. The Hall–Kier alpha value is -3.86. The highest BCUT2D eigenvalue weighted by Gasteiger charge is 2.41. The SMILES string of the molecule is O=C(O[C@H]1C[C@H](n2cc(F)c(=O)[nH]c2=O)O[C@@H]1CO[P+](=S)OCC1c2ccccc2-c2ccccc21)c1ccccc1. The Balaban J connectivity index is 1.14. The van der Waals surface area contributed by atoms with Crippen LogP contribution in [0.3, 0.4) is 0 Å². The van der Waals surface area contributed by atoms with Crippen molar-refractivity contribution in [1.29, 1.82) is 0 Å². The lowest BCUT2D eigenvalue weighted by Crippen LogP contribution is -2.34. The summed E-state index contributed by atoms with van der Waals surface area (Å²) >= 11 is 5.49. The van der Waals surface area contributed by atoms with E-state index in [9.17, 15) is 18.8 Å². The van der Waals surface area contributed by atoms with E-state index in [4.69, 9.17) is 30.3 Å². The first-order valence-electron chi connectivity index (χ1n) is 13.2. The Morgan fingerprint density at radius 1 is 0.952 bits per heavy atom. The van der Waals surface area contributed by atoms with Gasteiger partial charge >= 0.3 is 18.8 Å². The second kappa shape index (κ2) is 12.2. The molecule has 9 nitrogen and oxygen atoms in total. The average molecular weight is 608 g/mol. The number of H-pyrrole nitrogens is 1. The molecule has 4 atom stereocenters. The number of fused-ring (bicyclic) bond motifs is 3. The predicted octanol–water partition coefficient (Wildman–Crippen LogP) is 4.81. The number of hydrogen-bond donors (Lipinski definition) is 1. The first-order chi connectivity index (χ1) is 20.4. The molecule has 1 aliphatic heterocycles. The average Bonchev–Trinajstić information content (AvgIpc) is 3.55. The maximum Gasteiger partial charge on any atom is 0.521 e. The molecular formula is C30H25FN2O7PS+. The van der Waals surface area contributed by atoms with Gasteiger partial charge in [0.05, 0.1) is 11.8 Å². The minimum Gasteiger partial charge on any atom is -0.456 e. The third kappa shape index (κ3) is 5.74. The van der Waals surface area contributed by atoms with E-state index in [1.54, 1.807) is 30.3 Å². The van der Waals surface area contributed by atoms with Crippen molar-refractivity contribution >= 4 is 24.9 Å². The summed E-state index contributed by atoms with van der Waals surface area (Å²) in [5.41, 5.74) is 2.99. The lowest BCUT2D eigenvalue weighted by Gasteiger charge is -2.17. The van der Waals surface area contributed by atoms with Gasteiger partial charge in [-0.3, -0.25) is 14.3 Å². The number of aromatic amines is 1. The van der Waals surface area contributed by atoms with Gasteiger partial charge in [0.1, 0.15) is 31.6 Å². The van der Waals surface area contributed by atoms with Crippen LogP contribution in [0.15, 0.2) is 94.6 Å². The zero-order valence-corrected chi connectivity index (χ0v) is 23.8. The van der Waals surface area contributed by atoms with Gasteiger partial charge in [-0.25, -0.2) is 9.59 Å². The van der Waals surface area contributed by atoms with Crippen molar-refractivity contribution in [2.75, 3.05) is 13.2 Å². The Kier molecular flexibility index (Phi) is 8.19. The predicted molar refractivity (Wildman–Crippen MR) is 155 cm³/mol. The molecule has 214 valence electrons. The minimum atomic E-state index is -1.77. The van der Waals surface area contributed by atoms with Crippen LogP contribution in [0.4, 0.5) is 4.39 Å². The summed E-state index contributed by atoms with van der Waals surface area (Å²) in [4.78, 5) is 38.6. The van der Waals surface area contributed by atoms with Crippen molar-refractivity contribution in [3.05, 3.63) is 128 Å². The van der Waals surface area contributed by atoms with Gasteiger partial charge in [-0.2, -0.15) is 4.39 Å². The lowest BCUT2D eigenvalue weighted by atomic mass is 9.98. The van der Waals surface area contributed by atoms with Gasteiger partial charge < -0.3 is 9.47 Å². The molecule has 1 N–H and O–H groups in total. The van der Waals surface area contributed by atoms with E-state index in [-0.39, 0.29) is 18.9 Å². The van der Waals surface area contributed by atoms with Crippen LogP contribution in [-0.2, 0) is 30.3 Å². The summed E-state index contributed by atoms with van der Waals surface area (Å²) in [6.07, 6.45) is -1.92. The standard InChI is InChI=1S/C30H24FN2O7PS/c31-24-15-33(30(36)32-28(24)34)27-14-25(40-29(35)18-8-2-1-3-9-18)26(39-27)17-38-41(42)37-16-23-21-12-6-4-10-19(21)20-11-5-7-13-22(20)23/h1-13,15,23,25-27H,14,16-17H2/p+1/t25-,26+,27+/m0/s1. The molecule has 1 aromatic heterocycles. The minimum absolute atomic E-state index is 0.00245. The fourth-order valence-electron chi connectivity index (χ4n) is 5.35. The Labute approximate surface area is 245 Å². The fraction of sp³-hybridized carbons (Fsp3) is 0.233. The molecule has 2 heterocycles. The number of benzene rings is 3. The van der Waals surface area contributed by atoms with Crippen molar-refractivity contribution in [2.24, 2.45) is 0 Å². The quantitative estimate of drug-likeness (QED) is 0.213. The summed E-state index contributed by atoms with van der Waals surface area (Å²) in [7, 11) is -1.77.